The zero-order valence-electron chi connectivity index (χ0n) is 15.5. The number of aryl methyl sites for hydroxylation is 3. The number of nitrogens with one attached hydrogen (secondary N) is 1. The van der Waals surface area contributed by atoms with Crippen molar-refractivity contribution < 1.29 is 9.53 Å². The van der Waals surface area contributed by atoms with Crippen molar-refractivity contribution in [2.24, 2.45) is 7.05 Å². The molecule has 1 fully saturated rings. The molecule has 0 aromatic carbocycles. The fourth-order valence-electron chi connectivity index (χ4n) is 3.51. The maximum absolute atomic E-state index is 12.3. The summed E-state index contributed by atoms with van der Waals surface area (Å²) in [5.74, 6) is 0.371. The molecule has 1 atom stereocenters. The summed E-state index contributed by atoms with van der Waals surface area (Å²) in [5.41, 5.74) is 2.77. The van der Waals surface area contributed by atoms with Gasteiger partial charge in [-0.25, -0.2) is 9.67 Å². The van der Waals surface area contributed by atoms with Gasteiger partial charge in [0.15, 0.2) is 12.3 Å². The highest BCUT2D eigenvalue weighted by molar-refractivity contribution is 5.85. The first-order valence-corrected chi connectivity index (χ1v) is 8.93. The van der Waals surface area contributed by atoms with Crippen LogP contribution in [0, 0.1) is 13.8 Å². The van der Waals surface area contributed by atoms with E-state index in [0.29, 0.717) is 5.88 Å². The quantitative estimate of drug-likeness (QED) is 0.890. The van der Waals surface area contributed by atoms with Crippen LogP contribution in [0.3, 0.4) is 0 Å². The maximum atomic E-state index is 12.3. The largest absolute Gasteiger partial charge is 0.466 e. The Morgan fingerprint density at radius 3 is 3.00 bits per heavy atom. The maximum Gasteiger partial charge on any atom is 0.258 e. The molecule has 0 radical (unpaired) electrons. The molecule has 1 aliphatic rings. The second-order valence-corrected chi connectivity index (χ2v) is 6.80. The van der Waals surface area contributed by atoms with Crippen molar-refractivity contribution in [2.75, 3.05) is 26.2 Å². The lowest BCUT2D eigenvalue weighted by Crippen LogP contribution is -2.48. The number of fused-ring (bicyclic) bond motifs is 1. The van der Waals surface area contributed by atoms with Crippen molar-refractivity contribution in [1.29, 1.82) is 0 Å². The summed E-state index contributed by atoms with van der Waals surface area (Å²) in [6.07, 6.45) is 2.14. The number of amides is 1. The van der Waals surface area contributed by atoms with Gasteiger partial charge in [0.1, 0.15) is 0 Å². The first kappa shape index (κ1) is 17.7. The van der Waals surface area contributed by atoms with Gasteiger partial charge in [-0.2, -0.15) is 0 Å². The SMILES string of the molecule is CCN1CCC[C@H](NC(=O)COc2nn(C)c3nc(C)cc(C)c23)C1. The van der Waals surface area contributed by atoms with Gasteiger partial charge in [-0.05, 0) is 51.4 Å². The summed E-state index contributed by atoms with van der Waals surface area (Å²) in [4.78, 5) is 19.1. The molecule has 3 heterocycles. The highest BCUT2D eigenvalue weighted by Crippen LogP contribution is 2.26. The van der Waals surface area contributed by atoms with Gasteiger partial charge in [0, 0.05) is 25.3 Å². The molecule has 136 valence electrons. The van der Waals surface area contributed by atoms with E-state index in [0.717, 1.165) is 54.8 Å². The van der Waals surface area contributed by atoms with Crippen LogP contribution < -0.4 is 10.1 Å². The van der Waals surface area contributed by atoms with Crippen LogP contribution in [0.2, 0.25) is 0 Å². The van der Waals surface area contributed by atoms with Gasteiger partial charge in [-0.1, -0.05) is 6.92 Å². The molecule has 0 aliphatic carbocycles. The molecule has 0 bridgehead atoms. The Kier molecular flexibility index (Phi) is 5.22. The number of hydrogen-bond donors (Lipinski definition) is 1. The van der Waals surface area contributed by atoms with Gasteiger partial charge in [-0.15, -0.1) is 5.10 Å². The fraction of sp³-hybridized carbons (Fsp3) is 0.611. The van der Waals surface area contributed by atoms with Crippen molar-refractivity contribution in [3.05, 3.63) is 17.3 Å². The number of carbonyl (C=O) groups excluding carboxylic acids is 1. The summed E-state index contributed by atoms with van der Waals surface area (Å²) in [6, 6.07) is 2.20. The minimum Gasteiger partial charge on any atom is -0.466 e. The van der Waals surface area contributed by atoms with Crippen LogP contribution in [0.1, 0.15) is 31.0 Å². The lowest BCUT2D eigenvalue weighted by molar-refractivity contribution is -0.124. The number of ether oxygens (including phenoxy) is 1. The molecule has 7 heteroatoms. The second-order valence-electron chi connectivity index (χ2n) is 6.80. The Bertz CT molecular complexity index is 770. The lowest BCUT2D eigenvalue weighted by atomic mass is 10.1. The zero-order chi connectivity index (χ0) is 18.0. The monoisotopic (exact) mass is 345 g/mol. The zero-order valence-corrected chi connectivity index (χ0v) is 15.5. The molecule has 0 spiro atoms. The number of likely N-dealkylation sites (N-methyl/N-ethyl adjacent to an activating group) is 1. The van der Waals surface area contributed by atoms with Gasteiger partial charge in [0.25, 0.3) is 5.91 Å². The summed E-state index contributed by atoms with van der Waals surface area (Å²) >= 11 is 0. The predicted molar refractivity (Wildman–Crippen MR) is 96.8 cm³/mol. The van der Waals surface area contributed by atoms with Crippen LogP contribution in [0.25, 0.3) is 11.0 Å². The molecule has 1 N–H and O–H groups in total. The standard InChI is InChI=1S/C18H27N5O2/c1-5-23-8-6-7-14(10-23)20-15(24)11-25-18-16-12(2)9-13(3)19-17(16)22(4)21-18/h9,14H,5-8,10-11H2,1-4H3,(H,20,24)/t14-/m0/s1. The molecule has 0 unspecified atom stereocenters. The van der Waals surface area contributed by atoms with Crippen LogP contribution in [0.5, 0.6) is 5.88 Å². The Hall–Kier alpha value is -2.15. The second kappa shape index (κ2) is 7.39. The Labute approximate surface area is 148 Å². The molecule has 1 aliphatic heterocycles. The molecule has 3 rings (SSSR count). The molecule has 2 aromatic rings. The third-order valence-corrected chi connectivity index (χ3v) is 4.74. The summed E-state index contributed by atoms with van der Waals surface area (Å²) in [6.45, 7) is 9.14. The van der Waals surface area contributed by atoms with Gasteiger partial charge in [0.05, 0.1) is 5.39 Å². The minimum absolute atomic E-state index is 0.0257. The molecular formula is C18H27N5O2. The van der Waals surface area contributed by atoms with Gasteiger partial charge < -0.3 is 15.0 Å². The van der Waals surface area contributed by atoms with E-state index in [2.05, 4.69) is 27.2 Å². The van der Waals surface area contributed by atoms with Crippen molar-refractivity contribution in [2.45, 2.75) is 39.7 Å². The van der Waals surface area contributed by atoms with Crippen LogP contribution in [0.15, 0.2) is 6.07 Å². The first-order chi connectivity index (χ1) is 12.0. The van der Waals surface area contributed by atoms with E-state index in [1.807, 2.05) is 27.0 Å². The summed E-state index contributed by atoms with van der Waals surface area (Å²) < 4.78 is 7.42. The smallest absolute Gasteiger partial charge is 0.258 e. The van der Waals surface area contributed by atoms with Crippen molar-refractivity contribution >= 4 is 16.9 Å². The number of pyridine rings is 1. The van der Waals surface area contributed by atoms with E-state index >= 15 is 0 Å². The molecule has 2 aromatic heterocycles. The first-order valence-electron chi connectivity index (χ1n) is 8.93. The molecule has 25 heavy (non-hydrogen) atoms. The number of carbonyl (C=O) groups is 1. The van der Waals surface area contributed by atoms with E-state index in [1.54, 1.807) is 4.68 Å². The third kappa shape index (κ3) is 3.92. The fourth-order valence-corrected chi connectivity index (χ4v) is 3.51. The van der Waals surface area contributed by atoms with E-state index in [9.17, 15) is 4.79 Å². The Morgan fingerprint density at radius 1 is 1.44 bits per heavy atom. The number of piperidine rings is 1. The lowest BCUT2D eigenvalue weighted by Gasteiger charge is -2.32. The van der Waals surface area contributed by atoms with Crippen LogP contribution in [-0.4, -0.2) is 57.9 Å². The number of aromatic nitrogens is 3. The van der Waals surface area contributed by atoms with Crippen LogP contribution in [0.4, 0.5) is 0 Å². The average Bonchev–Trinajstić information content (AvgIpc) is 2.89. The summed E-state index contributed by atoms with van der Waals surface area (Å²) in [7, 11) is 1.84. The number of rotatable bonds is 5. The Balaban J connectivity index is 1.64. The molecular weight excluding hydrogens is 318 g/mol. The van der Waals surface area contributed by atoms with Gasteiger partial charge >= 0.3 is 0 Å². The van der Waals surface area contributed by atoms with Crippen molar-refractivity contribution in [1.82, 2.24) is 25.0 Å². The number of hydrogen-bond acceptors (Lipinski definition) is 5. The molecule has 1 saturated heterocycles. The van der Waals surface area contributed by atoms with E-state index in [1.165, 1.54) is 0 Å². The highest BCUT2D eigenvalue weighted by atomic mass is 16.5. The predicted octanol–water partition coefficient (Wildman–Crippen LogP) is 1.56. The average molecular weight is 345 g/mol. The minimum atomic E-state index is -0.0977. The highest BCUT2D eigenvalue weighted by Gasteiger charge is 2.21. The van der Waals surface area contributed by atoms with Crippen molar-refractivity contribution in [3.8, 4) is 5.88 Å². The summed E-state index contributed by atoms with van der Waals surface area (Å²) in [5, 5.41) is 8.33. The van der Waals surface area contributed by atoms with E-state index in [-0.39, 0.29) is 18.6 Å². The van der Waals surface area contributed by atoms with Crippen LogP contribution in [-0.2, 0) is 11.8 Å². The van der Waals surface area contributed by atoms with E-state index in [4.69, 9.17) is 4.74 Å². The van der Waals surface area contributed by atoms with E-state index < -0.39 is 0 Å². The van der Waals surface area contributed by atoms with Gasteiger partial charge in [-0.3, -0.25) is 4.79 Å². The molecule has 1 amide bonds. The van der Waals surface area contributed by atoms with Crippen molar-refractivity contribution in [3.63, 3.8) is 0 Å². The topological polar surface area (TPSA) is 72.3 Å². The Morgan fingerprint density at radius 2 is 2.24 bits per heavy atom. The third-order valence-electron chi connectivity index (χ3n) is 4.74. The number of likely N-dealkylation sites (tertiary alicyclic amines) is 1. The number of nitrogens with zero attached hydrogens (tertiary/aromatic N) is 4. The molecule has 0 saturated carbocycles. The molecule has 7 nitrogen and oxygen atoms in total. The van der Waals surface area contributed by atoms with Crippen LogP contribution >= 0.6 is 0 Å². The van der Waals surface area contributed by atoms with Gasteiger partial charge in [0.2, 0.25) is 5.88 Å². The normalized spacial score (nSPS) is 18.5.